The molecule has 0 unspecified atom stereocenters. The van der Waals surface area contributed by atoms with Crippen molar-refractivity contribution >= 4 is 54.5 Å². The molecular formula is C45H41N3. The van der Waals surface area contributed by atoms with Gasteiger partial charge in [-0.3, -0.25) is 0 Å². The highest BCUT2D eigenvalue weighted by molar-refractivity contribution is 6.19. The molecule has 0 bridgehead atoms. The Balaban J connectivity index is 0.000000615. The first-order chi connectivity index (χ1) is 23.6. The Morgan fingerprint density at radius 3 is 2.15 bits per heavy atom. The summed E-state index contributed by atoms with van der Waals surface area (Å²) in [4.78, 5) is 3.28. The van der Waals surface area contributed by atoms with Crippen LogP contribution >= 0.6 is 0 Å². The van der Waals surface area contributed by atoms with E-state index >= 15 is 0 Å². The quantitative estimate of drug-likeness (QED) is 0.154. The van der Waals surface area contributed by atoms with Gasteiger partial charge in [0.2, 0.25) is 0 Å². The molecule has 0 spiro atoms. The summed E-state index contributed by atoms with van der Waals surface area (Å²) in [6.45, 7) is 13.7. The van der Waals surface area contributed by atoms with E-state index in [0.717, 1.165) is 46.3 Å². The molecule has 2 aromatic heterocycles. The van der Waals surface area contributed by atoms with Crippen LogP contribution < -0.4 is 5.73 Å². The van der Waals surface area contributed by atoms with Crippen molar-refractivity contribution in [2.24, 2.45) is 5.73 Å². The average Bonchev–Trinajstić information content (AvgIpc) is 3.77. The summed E-state index contributed by atoms with van der Waals surface area (Å²) in [5.41, 5.74) is 14.8. The van der Waals surface area contributed by atoms with Gasteiger partial charge in [0.25, 0.3) is 0 Å². The van der Waals surface area contributed by atoms with Crippen molar-refractivity contribution in [3.05, 3.63) is 189 Å². The Morgan fingerprint density at radius 1 is 0.729 bits per heavy atom. The van der Waals surface area contributed by atoms with Gasteiger partial charge in [0, 0.05) is 46.4 Å². The van der Waals surface area contributed by atoms with E-state index in [4.69, 9.17) is 5.73 Å². The van der Waals surface area contributed by atoms with Gasteiger partial charge in [0.1, 0.15) is 0 Å². The van der Waals surface area contributed by atoms with E-state index < -0.39 is 0 Å². The molecule has 3 nitrogen and oxygen atoms in total. The van der Waals surface area contributed by atoms with Crippen LogP contribution in [-0.4, -0.2) is 9.55 Å². The zero-order valence-electron chi connectivity index (χ0n) is 27.5. The van der Waals surface area contributed by atoms with Crippen LogP contribution in [0.5, 0.6) is 0 Å². The number of nitrogens with one attached hydrogen (secondary N) is 1. The lowest BCUT2D eigenvalue weighted by molar-refractivity contribution is 1.15. The van der Waals surface area contributed by atoms with Crippen LogP contribution in [0.2, 0.25) is 0 Å². The number of allylic oxidation sites excluding steroid dienone is 8. The second kappa shape index (κ2) is 14.6. The predicted octanol–water partition coefficient (Wildman–Crippen LogP) is 11.9. The molecule has 0 atom stereocenters. The minimum atomic E-state index is 0.827. The molecule has 0 aliphatic carbocycles. The highest BCUT2D eigenvalue weighted by Gasteiger charge is 2.17. The number of hydrogen-bond acceptors (Lipinski definition) is 1. The fourth-order valence-electron chi connectivity index (χ4n) is 6.33. The monoisotopic (exact) mass is 623 g/mol. The number of benzene rings is 5. The lowest BCUT2D eigenvalue weighted by atomic mass is 9.98. The van der Waals surface area contributed by atoms with Gasteiger partial charge in [-0.1, -0.05) is 130 Å². The van der Waals surface area contributed by atoms with Gasteiger partial charge >= 0.3 is 0 Å². The molecule has 0 fully saturated rings. The maximum absolute atomic E-state index is 5.97. The summed E-state index contributed by atoms with van der Waals surface area (Å²) in [7, 11) is 0. The van der Waals surface area contributed by atoms with Gasteiger partial charge in [-0.15, -0.1) is 0 Å². The molecule has 7 rings (SSSR count). The van der Waals surface area contributed by atoms with Crippen LogP contribution in [0.25, 0.3) is 60.2 Å². The predicted molar refractivity (Wildman–Crippen MR) is 210 cm³/mol. The van der Waals surface area contributed by atoms with Crippen LogP contribution in [0, 0.1) is 0 Å². The second-order valence-electron chi connectivity index (χ2n) is 11.7. The van der Waals surface area contributed by atoms with Crippen LogP contribution in [-0.2, 0) is 6.42 Å². The smallest absolute Gasteiger partial charge is 0.0619 e. The minimum absolute atomic E-state index is 0.827. The number of hydrogen-bond donors (Lipinski definition) is 2. The van der Waals surface area contributed by atoms with Crippen LogP contribution in [0.15, 0.2) is 172 Å². The van der Waals surface area contributed by atoms with Crippen LogP contribution in [0.4, 0.5) is 0 Å². The molecule has 0 aliphatic rings. The summed E-state index contributed by atoms with van der Waals surface area (Å²) in [5, 5.41) is 7.24. The van der Waals surface area contributed by atoms with E-state index in [1.54, 1.807) is 12.3 Å². The zero-order chi connectivity index (χ0) is 33.5. The molecule has 2 heterocycles. The summed E-state index contributed by atoms with van der Waals surface area (Å²) in [6.07, 6.45) is 17.3. The Morgan fingerprint density at radius 2 is 1.46 bits per heavy atom. The molecule has 7 aromatic rings. The number of aromatic nitrogens is 2. The molecule has 0 saturated heterocycles. The number of H-pyrrole nitrogens is 1. The minimum Gasteiger partial charge on any atom is -0.404 e. The topological polar surface area (TPSA) is 46.7 Å². The average molecular weight is 624 g/mol. The Kier molecular flexibility index (Phi) is 9.69. The molecular weight excluding hydrogens is 583 g/mol. The third kappa shape index (κ3) is 6.31. The lowest BCUT2D eigenvalue weighted by Gasteiger charge is -2.13. The summed E-state index contributed by atoms with van der Waals surface area (Å²) >= 11 is 0. The van der Waals surface area contributed by atoms with Crippen molar-refractivity contribution in [1.29, 1.82) is 0 Å². The fraction of sp³-hybridized carbons (Fsp3) is 0.0667. The molecule has 5 aromatic carbocycles. The first-order valence-corrected chi connectivity index (χ1v) is 16.4. The van der Waals surface area contributed by atoms with Gasteiger partial charge in [-0.05, 0) is 81.3 Å². The van der Waals surface area contributed by atoms with Gasteiger partial charge in [-0.25, -0.2) is 0 Å². The van der Waals surface area contributed by atoms with Crippen LogP contribution in [0.3, 0.4) is 0 Å². The molecule has 236 valence electrons. The molecule has 0 radical (unpaired) electrons. The molecule has 3 heteroatoms. The maximum Gasteiger partial charge on any atom is 0.0619 e. The molecule has 0 amide bonds. The largest absolute Gasteiger partial charge is 0.404 e. The second-order valence-corrected chi connectivity index (χ2v) is 11.7. The van der Waals surface area contributed by atoms with Crippen molar-refractivity contribution < 1.29 is 0 Å². The number of fused-ring (bicyclic) bond motifs is 6. The van der Waals surface area contributed by atoms with E-state index in [2.05, 4.69) is 145 Å². The number of nitrogens with zero attached hydrogens (tertiary/aromatic N) is 1. The first kappa shape index (κ1) is 31.9. The van der Waals surface area contributed by atoms with Gasteiger partial charge < -0.3 is 15.3 Å². The highest BCUT2D eigenvalue weighted by Crippen LogP contribution is 2.39. The Hall–Kier alpha value is -6.06. The van der Waals surface area contributed by atoms with E-state index in [-0.39, 0.29) is 0 Å². The first-order valence-electron chi connectivity index (χ1n) is 16.4. The molecule has 48 heavy (non-hydrogen) atoms. The third-order valence-corrected chi connectivity index (χ3v) is 8.73. The SMILES string of the molecule is C=C/C(=C\Cc1ccc[nH]1)c1ccc2c(ccc3c4ccc(/C(C=C)=C/N)cc4n(-c4ccc5ccccc5c4)c23)c1.C=C/C=C\CC. The normalized spacial score (nSPS) is 12.1. The number of aromatic amines is 1. The van der Waals surface area contributed by atoms with E-state index in [1.807, 2.05) is 30.5 Å². The lowest BCUT2D eigenvalue weighted by Crippen LogP contribution is -1.96. The van der Waals surface area contributed by atoms with E-state index in [9.17, 15) is 0 Å². The van der Waals surface area contributed by atoms with Crippen LogP contribution in [0.1, 0.15) is 30.2 Å². The molecule has 0 aliphatic heterocycles. The van der Waals surface area contributed by atoms with E-state index in [1.165, 1.54) is 43.5 Å². The van der Waals surface area contributed by atoms with Crippen molar-refractivity contribution in [2.45, 2.75) is 19.8 Å². The van der Waals surface area contributed by atoms with Crippen molar-refractivity contribution in [1.82, 2.24) is 9.55 Å². The number of rotatable bonds is 9. The third-order valence-electron chi connectivity index (χ3n) is 8.73. The van der Waals surface area contributed by atoms with Gasteiger partial charge in [0.05, 0.1) is 11.0 Å². The van der Waals surface area contributed by atoms with Crippen molar-refractivity contribution in [3.8, 4) is 5.69 Å². The van der Waals surface area contributed by atoms with E-state index in [0.29, 0.717) is 0 Å². The summed E-state index contributed by atoms with van der Waals surface area (Å²) in [6, 6.07) is 37.1. The Bertz CT molecular complexity index is 2360. The molecule has 0 saturated carbocycles. The number of nitrogens with two attached hydrogens (primary N) is 1. The molecule has 3 N–H and O–H groups in total. The maximum atomic E-state index is 5.97. The highest BCUT2D eigenvalue weighted by atomic mass is 15.0. The van der Waals surface area contributed by atoms with Gasteiger partial charge in [-0.2, -0.15) is 0 Å². The van der Waals surface area contributed by atoms with Gasteiger partial charge in [0.15, 0.2) is 0 Å². The van der Waals surface area contributed by atoms with Crippen molar-refractivity contribution in [3.63, 3.8) is 0 Å². The summed E-state index contributed by atoms with van der Waals surface area (Å²) in [5.74, 6) is 0. The summed E-state index contributed by atoms with van der Waals surface area (Å²) < 4.78 is 2.40. The Labute approximate surface area is 283 Å². The zero-order valence-corrected chi connectivity index (χ0v) is 27.5. The van der Waals surface area contributed by atoms with Crippen molar-refractivity contribution in [2.75, 3.05) is 0 Å². The standard InChI is InChI=1S/C39H31N3.C6H10/c1-3-26(11-16-33-10-7-21-41-33)30-13-18-35-32(22-30)15-20-37-36-19-14-31(27(4-2)25-40)24-38(36)42(39(35)37)34-17-12-28-8-5-6-9-29(28)23-34;1-3-5-6-4-2/h3-15,17-25,41H,1-2,16,40H2;3,5-6H,1,4H2,2H3/b26-11+,27-25+;6-5-. The fourth-order valence-corrected chi connectivity index (χ4v) is 6.33.